The van der Waals surface area contributed by atoms with Gasteiger partial charge < -0.3 is 128 Å². The van der Waals surface area contributed by atoms with Crippen LogP contribution in [-0.4, -0.2) is 291 Å². The summed E-state index contributed by atoms with van der Waals surface area (Å²) < 4.78 is 89.4. The van der Waals surface area contributed by atoms with Gasteiger partial charge in [-0.15, -0.1) is 0 Å². The first kappa shape index (κ1) is 84.2. The van der Waals surface area contributed by atoms with Gasteiger partial charge in [0.1, 0.15) is 48.6 Å². The third-order valence-electron chi connectivity index (χ3n) is 14.5. The maximum atomic E-state index is 13.5. The summed E-state index contributed by atoms with van der Waals surface area (Å²) in [4.78, 5) is 73.5. The zero-order chi connectivity index (χ0) is 72.2. The molecule has 100 heavy (non-hydrogen) atoms. The molecule has 4 amide bonds. The second-order valence-electron chi connectivity index (χ2n) is 23.1. The number of fused-ring (bicyclic) bond motifs is 3. The van der Waals surface area contributed by atoms with Gasteiger partial charge in [-0.3, -0.25) is 19.7 Å². The highest BCUT2D eigenvalue weighted by Crippen LogP contribution is 2.34. The Balaban J connectivity index is 0.890. The Morgan fingerprint density at radius 2 is 1.16 bits per heavy atom. The van der Waals surface area contributed by atoms with Crippen LogP contribution in [0.4, 0.5) is 16.3 Å². The lowest BCUT2D eigenvalue weighted by molar-refractivity contribution is -0.271. The molecule has 0 spiro atoms. The van der Waals surface area contributed by atoms with Gasteiger partial charge in [-0.25, -0.2) is 19.6 Å². The summed E-state index contributed by atoms with van der Waals surface area (Å²) in [6.07, 6.45) is -9.53. The summed E-state index contributed by atoms with van der Waals surface area (Å²) >= 11 is 0. The van der Waals surface area contributed by atoms with Gasteiger partial charge in [0.2, 0.25) is 24.0 Å². The molecule has 1 aliphatic rings. The van der Waals surface area contributed by atoms with Gasteiger partial charge in [0.05, 0.1) is 187 Å². The fourth-order valence-electron chi connectivity index (χ4n) is 9.44. The summed E-state index contributed by atoms with van der Waals surface area (Å²) in [7, 11) is 1.63. The largest absolute Gasteiger partial charge is 0.479 e. The van der Waals surface area contributed by atoms with Crippen LogP contribution in [0.2, 0.25) is 0 Å². The lowest BCUT2D eigenvalue weighted by atomic mass is 9.99. The molecule has 564 valence electrons. The minimum atomic E-state index is -2.00. The van der Waals surface area contributed by atoms with E-state index in [0.29, 0.717) is 205 Å². The van der Waals surface area contributed by atoms with Crippen molar-refractivity contribution < 1.29 is 125 Å². The lowest BCUT2D eigenvalue weighted by Gasteiger charge is -2.38. The topological polar surface area (TPSA) is 439 Å². The van der Waals surface area contributed by atoms with E-state index in [9.17, 15) is 49.5 Å². The van der Waals surface area contributed by atoms with E-state index in [0.717, 1.165) is 0 Å². The number of aliphatic hydroxyl groups excluding tert-OH is 3. The number of para-hydroxylation sites is 1. The minimum Gasteiger partial charge on any atom is -0.479 e. The van der Waals surface area contributed by atoms with Crippen LogP contribution in [-0.2, 0) is 110 Å². The smallest absolute Gasteiger partial charge is 0.413 e. The zero-order valence-corrected chi connectivity index (χ0v) is 57.8. The van der Waals surface area contributed by atoms with Crippen LogP contribution in [0.25, 0.3) is 21.9 Å². The molecule has 3 heterocycles. The van der Waals surface area contributed by atoms with Gasteiger partial charge in [-0.2, -0.15) is 0 Å². The number of nitrogens with one attached hydrogen (secondary N) is 4. The van der Waals surface area contributed by atoms with Crippen molar-refractivity contribution in [1.29, 1.82) is 0 Å². The first-order valence-electron chi connectivity index (χ1n) is 33.6. The Kier molecular flexibility index (Phi) is 41.4. The molecular formula is C66H104N8O26. The summed E-state index contributed by atoms with van der Waals surface area (Å²) in [6.45, 7) is 15.8. The van der Waals surface area contributed by atoms with E-state index >= 15 is 0 Å². The summed E-state index contributed by atoms with van der Waals surface area (Å²) in [5.41, 5.74) is 6.63. The molecule has 34 nitrogen and oxygen atoms in total. The molecule has 0 aliphatic carbocycles. The first-order chi connectivity index (χ1) is 48.4. The van der Waals surface area contributed by atoms with Crippen molar-refractivity contribution in [2.24, 2.45) is 5.73 Å². The Morgan fingerprint density at radius 3 is 1.69 bits per heavy atom. The van der Waals surface area contributed by atoms with Gasteiger partial charge in [0.15, 0.2) is 11.9 Å². The van der Waals surface area contributed by atoms with Crippen molar-refractivity contribution in [3.8, 4) is 5.75 Å². The molecule has 1 fully saturated rings. The fourth-order valence-corrected chi connectivity index (χ4v) is 9.44. The molecular weight excluding hydrogens is 1320 g/mol. The van der Waals surface area contributed by atoms with E-state index in [1.165, 1.54) is 18.2 Å². The first-order valence-corrected chi connectivity index (χ1v) is 33.6. The van der Waals surface area contributed by atoms with Crippen LogP contribution in [0.3, 0.4) is 0 Å². The number of carbonyl (C=O) groups excluding carboxylic acids is 4. The number of methoxy groups -OCH3 is 1. The number of aromatic nitrogens is 3. The van der Waals surface area contributed by atoms with E-state index in [1.807, 2.05) is 23.6 Å². The van der Waals surface area contributed by atoms with E-state index in [4.69, 9.17) is 86.5 Å². The number of aliphatic hydroxyl groups is 4. The molecule has 5 rings (SSSR count). The third-order valence-corrected chi connectivity index (χ3v) is 14.5. The Labute approximate surface area is 581 Å². The number of anilines is 2. The standard InChI is InChI=1S/C66H104N8O26/c1-5-86-44-52-72-55-56(74(52)45-66(2,3)84)47-10-6-7-12-49(47)71-61(55)73-65(83)98-43-46-13-14-51(99-64-59(79)57(77)58(78)60(100-64)63(81)82)50(42-46)70-54(76)15-18-69-62(80)48(67)11-8-9-17-68-53(75)16-19-87-22-23-89-26-27-91-30-31-93-34-35-95-38-39-97-41-40-96-37-36-94-33-32-92-29-28-90-25-24-88-21-20-85-4/h6-7,10,12-14,42,48,57-60,64,77-79,84H,5,8-9,11,15-41,43-45,67H2,1-4H3,(H,68,75)(H,69,80)(H,70,76)(H,81,82)(H,71,73,83)/t48-,57-,58-,59+,60-,64+/m0/s1. The van der Waals surface area contributed by atoms with Crippen molar-refractivity contribution in [2.75, 3.05) is 189 Å². The van der Waals surface area contributed by atoms with Gasteiger partial charge in [0.25, 0.3) is 0 Å². The van der Waals surface area contributed by atoms with Crippen LogP contribution in [0.1, 0.15) is 64.3 Å². The predicted molar refractivity (Wildman–Crippen MR) is 358 cm³/mol. The number of ether oxygens (including phenoxy) is 16. The summed E-state index contributed by atoms with van der Waals surface area (Å²) in [5.74, 6) is -2.66. The van der Waals surface area contributed by atoms with Gasteiger partial charge >= 0.3 is 12.1 Å². The number of hydrogen-bond acceptors (Lipinski definition) is 28. The maximum absolute atomic E-state index is 13.5. The Hall–Kier alpha value is -6.49. The number of unbranched alkanes of at least 4 members (excludes halogenated alkanes) is 1. The SMILES string of the molecule is CCOCc1nc2c(NC(=O)OCc3ccc(O[C@@H]4O[C@H](C(=O)O)[C@@H](O)[C@H](O)[C@H]4O)c(NC(=O)CCNC(=O)[C@@H](N)CCCCNC(=O)CCOCCOCCOCCOCCOCCOCCOCCOCCOCCOCCOCCOC)c3)nc3ccccc3c2n1CC(C)(C)O. The van der Waals surface area contributed by atoms with Crippen LogP contribution in [0.5, 0.6) is 5.75 Å². The van der Waals surface area contributed by atoms with Crippen LogP contribution < -0.4 is 31.7 Å². The monoisotopic (exact) mass is 1420 g/mol. The van der Waals surface area contributed by atoms with Crippen molar-refractivity contribution >= 4 is 63.2 Å². The number of rotatable bonds is 57. The van der Waals surface area contributed by atoms with Crippen molar-refractivity contribution in [2.45, 2.75) is 115 Å². The minimum absolute atomic E-state index is 0.0666. The average molecular weight is 1430 g/mol. The number of aliphatic carboxylic acids is 1. The molecule has 6 atom stereocenters. The molecule has 4 aromatic rings. The van der Waals surface area contributed by atoms with Crippen LogP contribution in [0, 0.1) is 0 Å². The van der Waals surface area contributed by atoms with Gasteiger partial charge in [0, 0.05) is 45.0 Å². The number of carboxylic acids is 1. The zero-order valence-electron chi connectivity index (χ0n) is 57.8. The fraction of sp³-hybridized carbons (Fsp3) is 0.682. The number of nitrogens with two attached hydrogens (primary N) is 1. The van der Waals surface area contributed by atoms with Crippen molar-refractivity contribution in [3.63, 3.8) is 0 Å². The highest BCUT2D eigenvalue weighted by Gasteiger charge is 2.48. The number of benzene rings is 2. The highest BCUT2D eigenvalue weighted by molar-refractivity contribution is 6.09. The molecule has 0 bridgehead atoms. The average Bonchev–Trinajstić information content (AvgIpc) is 1.57. The number of amides is 4. The molecule has 34 heteroatoms. The second-order valence-corrected chi connectivity index (χ2v) is 23.1. The summed E-state index contributed by atoms with van der Waals surface area (Å²) in [5, 5.41) is 63.4. The van der Waals surface area contributed by atoms with Crippen LogP contribution >= 0.6 is 0 Å². The van der Waals surface area contributed by atoms with E-state index in [2.05, 4.69) is 26.3 Å². The number of carbonyl (C=O) groups is 5. The number of pyridine rings is 1. The highest BCUT2D eigenvalue weighted by atomic mass is 16.7. The molecule has 2 aromatic heterocycles. The quantitative estimate of drug-likeness (QED) is 0.0278. The Bertz CT molecular complexity index is 2980. The molecule has 1 aliphatic heterocycles. The van der Waals surface area contributed by atoms with Gasteiger partial charge in [-0.05, 0) is 63.8 Å². The number of imidazole rings is 1. The lowest BCUT2D eigenvalue weighted by Crippen LogP contribution is -2.61. The van der Waals surface area contributed by atoms with Gasteiger partial charge in [-0.1, -0.05) is 24.3 Å². The van der Waals surface area contributed by atoms with Crippen molar-refractivity contribution in [3.05, 3.63) is 53.9 Å². The predicted octanol–water partition coefficient (Wildman–Crippen LogP) is 1.19. The number of carboxylic acid groups (broad SMARTS) is 1. The number of nitrogens with zero attached hydrogens (tertiary/aromatic N) is 3. The van der Waals surface area contributed by atoms with Crippen LogP contribution in [0.15, 0.2) is 42.5 Å². The third kappa shape index (κ3) is 33.1. The molecule has 11 N–H and O–H groups in total. The molecule has 1 saturated heterocycles. The van der Waals surface area contributed by atoms with E-state index < -0.39 is 72.8 Å². The molecule has 0 unspecified atom stereocenters. The molecule has 2 aromatic carbocycles. The Morgan fingerprint density at radius 1 is 0.620 bits per heavy atom. The maximum Gasteiger partial charge on any atom is 0.413 e. The number of hydrogen-bond donors (Lipinski definition) is 10. The summed E-state index contributed by atoms with van der Waals surface area (Å²) in [6, 6.07) is 10.4. The normalized spacial score (nSPS) is 16.6. The van der Waals surface area contributed by atoms with E-state index in [-0.39, 0.29) is 68.7 Å². The second kappa shape index (κ2) is 49.2. The molecule has 0 radical (unpaired) electrons. The molecule has 0 saturated carbocycles. The van der Waals surface area contributed by atoms with Crippen molar-refractivity contribution in [1.82, 2.24) is 25.2 Å². The van der Waals surface area contributed by atoms with E-state index in [1.54, 1.807) is 33.1 Å².